The van der Waals surface area contributed by atoms with Crippen molar-refractivity contribution >= 4 is 28.2 Å². The normalized spacial score (nSPS) is 16.0. The lowest BCUT2D eigenvalue weighted by atomic mass is 10.0. The highest BCUT2D eigenvalue weighted by molar-refractivity contribution is 5.87. The van der Waals surface area contributed by atoms with E-state index in [0.29, 0.717) is 6.54 Å². The summed E-state index contributed by atoms with van der Waals surface area (Å²) in [6.45, 7) is 4.99. The van der Waals surface area contributed by atoms with Crippen molar-refractivity contribution in [3.63, 3.8) is 0 Å². The van der Waals surface area contributed by atoms with Crippen LogP contribution in [0.3, 0.4) is 0 Å². The smallest absolute Gasteiger partial charge is 0.216 e. The lowest BCUT2D eigenvalue weighted by molar-refractivity contribution is 0.962. The van der Waals surface area contributed by atoms with E-state index in [9.17, 15) is 0 Å². The van der Waals surface area contributed by atoms with Crippen LogP contribution in [0.25, 0.3) is 22.3 Å². The van der Waals surface area contributed by atoms with Crippen molar-refractivity contribution in [2.45, 2.75) is 0 Å². The number of para-hydroxylation sites is 4. The first-order valence-electron chi connectivity index (χ1n) is 9.75. The number of hydrogen-bond donors (Lipinski definition) is 0. The number of fused-ring (bicyclic) bond motifs is 2. The van der Waals surface area contributed by atoms with Gasteiger partial charge in [0.15, 0.2) is 0 Å². The van der Waals surface area contributed by atoms with E-state index in [1.807, 2.05) is 18.2 Å². The summed E-state index contributed by atoms with van der Waals surface area (Å²) in [5.41, 5.74) is 6.35. The zero-order valence-electron chi connectivity index (χ0n) is 16.1. The number of imidazole rings is 1. The van der Waals surface area contributed by atoms with Gasteiger partial charge in [0.25, 0.3) is 0 Å². The first-order valence-corrected chi connectivity index (χ1v) is 9.75. The molecule has 0 bridgehead atoms. The largest absolute Gasteiger partial charge is 0.307 e. The lowest BCUT2D eigenvalue weighted by Crippen LogP contribution is -2.22. The summed E-state index contributed by atoms with van der Waals surface area (Å²) in [5, 5.41) is 0. The minimum atomic E-state index is 0.713. The molecule has 0 unspecified atom stereocenters. The van der Waals surface area contributed by atoms with Crippen molar-refractivity contribution in [2.75, 3.05) is 11.4 Å². The van der Waals surface area contributed by atoms with Gasteiger partial charge in [0.2, 0.25) is 5.95 Å². The van der Waals surface area contributed by atoms with E-state index in [1.54, 1.807) is 0 Å². The molecule has 0 aliphatic carbocycles. The molecule has 1 aromatic heterocycles. The molecule has 1 aliphatic heterocycles. The van der Waals surface area contributed by atoms with Crippen LogP contribution in [0.4, 0.5) is 11.6 Å². The van der Waals surface area contributed by atoms with E-state index in [0.717, 1.165) is 39.5 Å². The third-order valence-electron chi connectivity index (χ3n) is 5.17. The van der Waals surface area contributed by atoms with Crippen molar-refractivity contribution in [1.82, 2.24) is 9.55 Å². The Bertz CT molecular complexity index is 1250. The first-order chi connectivity index (χ1) is 14.3. The highest BCUT2D eigenvalue weighted by atomic mass is 15.3. The summed E-state index contributed by atoms with van der Waals surface area (Å²) in [5.74, 6) is 0.893. The number of benzene rings is 3. The summed E-state index contributed by atoms with van der Waals surface area (Å²) in [4.78, 5) is 7.31. The van der Waals surface area contributed by atoms with Gasteiger partial charge in [0.1, 0.15) is 0 Å². The highest BCUT2D eigenvalue weighted by Gasteiger charge is 2.21. The molecule has 3 aromatic carbocycles. The van der Waals surface area contributed by atoms with E-state index in [4.69, 9.17) is 4.98 Å². The van der Waals surface area contributed by atoms with Crippen molar-refractivity contribution in [3.05, 3.63) is 115 Å². The van der Waals surface area contributed by atoms with E-state index in [-0.39, 0.29) is 0 Å². The maximum Gasteiger partial charge on any atom is 0.216 e. The van der Waals surface area contributed by atoms with Gasteiger partial charge in [0, 0.05) is 17.8 Å². The molecule has 0 atom stereocenters. The molecular weight excluding hydrogens is 354 g/mol. The summed E-state index contributed by atoms with van der Waals surface area (Å²) >= 11 is 0. The number of anilines is 2. The standard InChI is InChI=1S/C26H21N3/c1-20-12-4-3-11-19-28(24-17-9-7-15-22(20)24)26-27-23-16-8-10-18-25(23)29(26)21-13-5-2-6-14-21/h2-18H,1,19H2/b11-3-,12-4-. The first kappa shape index (κ1) is 17.3. The van der Waals surface area contributed by atoms with Gasteiger partial charge in [-0.1, -0.05) is 79.4 Å². The summed E-state index contributed by atoms with van der Waals surface area (Å²) in [7, 11) is 0. The molecule has 3 heteroatoms. The zero-order chi connectivity index (χ0) is 19.6. The van der Waals surface area contributed by atoms with Gasteiger partial charge in [-0.05, 0) is 35.9 Å². The van der Waals surface area contributed by atoms with Gasteiger partial charge in [-0.2, -0.15) is 0 Å². The molecule has 0 spiro atoms. The molecule has 3 nitrogen and oxygen atoms in total. The van der Waals surface area contributed by atoms with Crippen molar-refractivity contribution < 1.29 is 0 Å². The molecule has 140 valence electrons. The zero-order valence-corrected chi connectivity index (χ0v) is 16.1. The van der Waals surface area contributed by atoms with Crippen molar-refractivity contribution in [3.8, 4) is 5.69 Å². The van der Waals surface area contributed by atoms with Gasteiger partial charge >= 0.3 is 0 Å². The Morgan fingerprint density at radius 2 is 1.55 bits per heavy atom. The van der Waals surface area contributed by atoms with Crippen molar-refractivity contribution in [2.24, 2.45) is 0 Å². The van der Waals surface area contributed by atoms with E-state index in [1.165, 1.54) is 0 Å². The molecular formula is C26H21N3. The van der Waals surface area contributed by atoms with E-state index in [2.05, 4.69) is 101 Å². The average Bonchev–Trinajstić information content (AvgIpc) is 3.18. The van der Waals surface area contributed by atoms with Crippen LogP contribution in [0, 0.1) is 0 Å². The predicted octanol–water partition coefficient (Wildman–Crippen LogP) is 6.30. The number of nitrogens with zero attached hydrogens (tertiary/aromatic N) is 3. The van der Waals surface area contributed by atoms with Crippen molar-refractivity contribution in [1.29, 1.82) is 0 Å². The third kappa shape index (κ3) is 3.07. The second-order valence-corrected chi connectivity index (χ2v) is 7.01. The Kier molecular flexibility index (Phi) is 4.34. The van der Waals surface area contributed by atoms with Gasteiger partial charge < -0.3 is 4.90 Å². The van der Waals surface area contributed by atoms with Gasteiger partial charge in [-0.3, -0.25) is 4.57 Å². The van der Waals surface area contributed by atoms with Crippen LogP contribution in [0.15, 0.2) is 110 Å². The molecule has 4 aromatic rings. The average molecular weight is 375 g/mol. The van der Waals surface area contributed by atoms with Crippen LogP contribution in [-0.4, -0.2) is 16.1 Å². The van der Waals surface area contributed by atoms with E-state index < -0.39 is 0 Å². The number of aromatic nitrogens is 2. The molecule has 0 saturated heterocycles. The minimum Gasteiger partial charge on any atom is -0.307 e. The fourth-order valence-corrected chi connectivity index (χ4v) is 3.80. The van der Waals surface area contributed by atoms with Crippen LogP contribution in [0.1, 0.15) is 5.56 Å². The second kappa shape index (κ2) is 7.28. The predicted molar refractivity (Wildman–Crippen MR) is 122 cm³/mol. The quantitative estimate of drug-likeness (QED) is 0.410. The Labute approximate surface area is 170 Å². The molecule has 29 heavy (non-hydrogen) atoms. The SMILES string of the molecule is C=C1/C=C\C=C/CN(c2nc3ccccc3n2-c2ccccc2)c2ccccc21. The Balaban J connectivity index is 1.80. The Morgan fingerprint density at radius 3 is 2.45 bits per heavy atom. The Morgan fingerprint density at radius 1 is 0.793 bits per heavy atom. The van der Waals surface area contributed by atoms with Crippen LogP contribution < -0.4 is 4.90 Å². The maximum atomic E-state index is 5.04. The van der Waals surface area contributed by atoms with Crippen LogP contribution in [0.2, 0.25) is 0 Å². The number of hydrogen-bond acceptors (Lipinski definition) is 2. The second-order valence-electron chi connectivity index (χ2n) is 7.01. The van der Waals surface area contributed by atoms with Gasteiger partial charge in [0.05, 0.1) is 16.7 Å². The number of rotatable bonds is 2. The molecule has 0 N–H and O–H groups in total. The highest BCUT2D eigenvalue weighted by Crippen LogP contribution is 2.36. The van der Waals surface area contributed by atoms with Crippen LogP contribution >= 0.6 is 0 Å². The molecule has 0 amide bonds. The molecule has 0 saturated carbocycles. The number of allylic oxidation sites excluding steroid dienone is 4. The van der Waals surface area contributed by atoms with Crippen LogP contribution in [0.5, 0.6) is 0 Å². The monoisotopic (exact) mass is 375 g/mol. The molecule has 1 aliphatic rings. The summed E-state index contributed by atoms with van der Waals surface area (Å²) in [6.07, 6.45) is 8.32. The summed E-state index contributed by atoms with van der Waals surface area (Å²) in [6, 6.07) is 27.1. The van der Waals surface area contributed by atoms with Crippen LogP contribution in [-0.2, 0) is 0 Å². The third-order valence-corrected chi connectivity index (χ3v) is 5.17. The molecule has 0 radical (unpaired) electrons. The summed E-state index contributed by atoms with van der Waals surface area (Å²) < 4.78 is 2.23. The molecule has 5 rings (SSSR count). The fraction of sp³-hybridized carbons (Fsp3) is 0.0385. The maximum absolute atomic E-state index is 5.04. The van der Waals surface area contributed by atoms with E-state index >= 15 is 0 Å². The lowest BCUT2D eigenvalue weighted by Gasteiger charge is -2.26. The fourth-order valence-electron chi connectivity index (χ4n) is 3.80. The Hall–Kier alpha value is -3.85. The molecule has 2 heterocycles. The topological polar surface area (TPSA) is 21.1 Å². The minimum absolute atomic E-state index is 0.713. The van der Waals surface area contributed by atoms with Gasteiger partial charge in [-0.25, -0.2) is 4.98 Å². The van der Waals surface area contributed by atoms with Gasteiger partial charge in [-0.15, -0.1) is 0 Å². The molecule has 0 fully saturated rings.